The fourth-order valence-corrected chi connectivity index (χ4v) is 4.99. The topological polar surface area (TPSA) is 57.6 Å². The van der Waals surface area contributed by atoms with Crippen molar-refractivity contribution in [1.29, 1.82) is 0 Å². The third kappa shape index (κ3) is 5.08. The molecule has 1 aromatic carbocycles. The summed E-state index contributed by atoms with van der Waals surface area (Å²) in [5, 5.41) is 9.79. The van der Waals surface area contributed by atoms with Crippen molar-refractivity contribution in [3.05, 3.63) is 46.1 Å². The molecule has 2 atom stereocenters. The Kier molecular flexibility index (Phi) is 6.66. The number of aryl methyl sites for hydroxylation is 1. The zero-order valence-corrected chi connectivity index (χ0v) is 19.4. The van der Waals surface area contributed by atoms with E-state index in [2.05, 4.69) is 45.9 Å². The first-order valence-corrected chi connectivity index (χ1v) is 11.4. The molecule has 4 nitrogen and oxygen atoms in total. The maximum atomic E-state index is 12.9. The molecule has 0 spiro atoms. The largest absolute Gasteiger partial charge is 0.481 e. The Bertz CT molecular complexity index is 854. The second kappa shape index (κ2) is 8.74. The van der Waals surface area contributed by atoms with Crippen molar-refractivity contribution in [3.63, 3.8) is 0 Å². The molecule has 1 aliphatic carbocycles. The van der Waals surface area contributed by atoms with Gasteiger partial charge in [0.15, 0.2) is 0 Å². The van der Waals surface area contributed by atoms with Crippen molar-refractivity contribution in [2.45, 2.75) is 78.1 Å². The smallest absolute Gasteiger partial charge is 0.305 e. The summed E-state index contributed by atoms with van der Waals surface area (Å²) in [5.41, 5.74) is 3.47. The zero-order valence-electron chi connectivity index (χ0n) is 18.6. The van der Waals surface area contributed by atoms with Crippen molar-refractivity contribution < 1.29 is 14.7 Å². The molecule has 5 heteroatoms. The number of hydrogen-bond donors (Lipinski definition) is 1. The van der Waals surface area contributed by atoms with Crippen LogP contribution in [0.1, 0.15) is 77.3 Å². The number of carbonyl (C=O) groups is 2. The van der Waals surface area contributed by atoms with Crippen molar-refractivity contribution in [1.82, 2.24) is 4.90 Å². The Hall–Kier alpha value is -1.81. The summed E-state index contributed by atoms with van der Waals surface area (Å²) >= 11 is 6.70. The third-order valence-electron chi connectivity index (χ3n) is 6.65. The first kappa shape index (κ1) is 22.9. The van der Waals surface area contributed by atoms with Gasteiger partial charge in [-0.2, -0.15) is 0 Å². The summed E-state index contributed by atoms with van der Waals surface area (Å²) in [6.07, 6.45) is 7.23. The highest BCUT2D eigenvalue weighted by atomic mass is 35.5. The van der Waals surface area contributed by atoms with Crippen LogP contribution in [-0.4, -0.2) is 28.4 Å². The Labute approximate surface area is 185 Å². The number of rotatable bonds is 6. The average Bonchev–Trinajstić information content (AvgIpc) is 2.65. The highest BCUT2D eigenvalue weighted by molar-refractivity contribution is 6.31. The molecule has 1 heterocycles. The molecular weight excluding hydrogens is 398 g/mol. The summed E-state index contributed by atoms with van der Waals surface area (Å²) in [7, 11) is 0. The van der Waals surface area contributed by atoms with Gasteiger partial charge in [0.25, 0.3) is 0 Å². The lowest BCUT2D eigenvalue weighted by atomic mass is 9.61. The van der Waals surface area contributed by atoms with Crippen LogP contribution in [0.3, 0.4) is 0 Å². The molecule has 164 valence electrons. The maximum absolute atomic E-state index is 12.9. The van der Waals surface area contributed by atoms with Gasteiger partial charge in [0.2, 0.25) is 5.91 Å². The number of benzene rings is 1. The normalized spacial score (nSPS) is 24.4. The lowest BCUT2D eigenvalue weighted by molar-refractivity contribution is -0.138. The lowest BCUT2D eigenvalue weighted by Gasteiger charge is -2.46. The molecule has 2 unspecified atom stereocenters. The number of aliphatic carboxylic acids is 1. The fraction of sp³-hybridized carbons (Fsp3) is 0.600. The molecular formula is C25H34ClNO3. The van der Waals surface area contributed by atoms with Crippen LogP contribution < -0.4 is 0 Å². The quantitative estimate of drug-likeness (QED) is 0.603. The molecule has 1 N–H and O–H groups in total. The molecule has 0 bridgehead atoms. The predicted molar refractivity (Wildman–Crippen MR) is 121 cm³/mol. The number of allylic oxidation sites excluding steroid dienone is 1. The third-order valence-corrected chi connectivity index (χ3v) is 7.00. The number of carboxylic acids is 1. The molecule has 1 aliphatic heterocycles. The lowest BCUT2D eigenvalue weighted by Crippen LogP contribution is -2.45. The van der Waals surface area contributed by atoms with E-state index < -0.39 is 5.97 Å². The summed E-state index contributed by atoms with van der Waals surface area (Å²) in [4.78, 5) is 25.5. The summed E-state index contributed by atoms with van der Waals surface area (Å²) < 4.78 is 0. The first-order chi connectivity index (χ1) is 14.0. The highest BCUT2D eigenvalue weighted by Gasteiger charge is 2.45. The Balaban J connectivity index is 1.92. The number of amides is 1. The van der Waals surface area contributed by atoms with E-state index in [1.165, 1.54) is 5.57 Å². The highest BCUT2D eigenvalue weighted by Crippen LogP contribution is 2.50. The van der Waals surface area contributed by atoms with Crippen LogP contribution in [0.5, 0.6) is 0 Å². The minimum Gasteiger partial charge on any atom is -0.481 e. The van der Waals surface area contributed by atoms with Gasteiger partial charge in [-0.15, -0.1) is 0 Å². The Morgan fingerprint density at radius 3 is 2.70 bits per heavy atom. The Morgan fingerprint density at radius 1 is 1.33 bits per heavy atom. The van der Waals surface area contributed by atoms with Crippen LogP contribution in [0.15, 0.2) is 30.0 Å². The van der Waals surface area contributed by atoms with Crippen molar-refractivity contribution in [2.24, 2.45) is 11.3 Å². The van der Waals surface area contributed by atoms with Crippen molar-refractivity contribution in [2.75, 3.05) is 6.54 Å². The second-order valence-corrected chi connectivity index (χ2v) is 10.8. The van der Waals surface area contributed by atoms with Crippen LogP contribution in [-0.2, 0) is 21.4 Å². The zero-order chi connectivity index (χ0) is 22.1. The molecule has 30 heavy (non-hydrogen) atoms. The van der Waals surface area contributed by atoms with Gasteiger partial charge in [0.05, 0.1) is 6.42 Å². The van der Waals surface area contributed by atoms with E-state index in [0.717, 1.165) is 48.3 Å². The van der Waals surface area contributed by atoms with E-state index in [0.29, 0.717) is 12.3 Å². The summed E-state index contributed by atoms with van der Waals surface area (Å²) in [5.74, 6) is -0.324. The van der Waals surface area contributed by atoms with Gasteiger partial charge in [-0.3, -0.25) is 9.59 Å². The van der Waals surface area contributed by atoms with Gasteiger partial charge in [-0.05, 0) is 66.2 Å². The molecule has 0 aromatic heterocycles. The minimum absolute atomic E-state index is 0.00230. The van der Waals surface area contributed by atoms with Crippen LogP contribution in [0.25, 0.3) is 0 Å². The monoisotopic (exact) mass is 431 g/mol. The van der Waals surface area contributed by atoms with Gasteiger partial charge in [-0.25, -0.2) is 0 Å². The van der Waals surface area contributed by atoms with Gasteiger partial charge in [-0.1, -0.05) is 51.4 Å². The molecule has 1 fully saturated rings. The van der Waals surface area contributed by atoms with Crippen LogP contribution in [0.2, 0.25) is 5.02 Å². The SMILES string of the molecule is CC1CCC2(c3ccc(CCC(C)(C)C)c(Cl)c3)CC(=O)N(CCC(=O)O)C=C2C1. The van der Waals surface area contributed by atoms with E-state index in [-0.39, 0.29) is 29.7 Å². The van der Waals surface area contributed by atoms with Gasteiger partial charge in [0.1, 0.15) is 0 Å². The number of fused-ring (bicyclic) bond motifs is 1. The van der Waals surface area contributed by atoms with E-state index in [9.17, 15) is 9.59 Å². The van der Waals surface area contributed by atoms with Crippen molar-refractivity contribution in [3.8, 4) is 0 Å². The van der Waals surface area contributed by atoms with E-state index in [1.807, 2.05) is 6.20 Å². The number of carboxylic acid groups (broad SMARTS) is 1. The van der Waals surface area contributed by atoms with E-state index >= 15 is 0 Å². The summed E-state index contributed by atoms with van der Waals surface area (Å²) in [6, 6.07) is 6.37. The Morgan fingerprint density at radius 2 is 2.07 bits per heavy atom. The van der Waals surface area contributed by atoms with E-state index in [4.69, 9.17) is 16.7 Å². The van der Waals surface area contributed by atoms with Crippen LogP contribution in [0.4, 0.5) is 0 Å². The maximum Gasteiger partial charge on any atom is 0.305 e. The molecule has 0 radical (unpaired) electrons. The van der Waals surface area contributed by atoms with Crippen LogP contribution in [0, 0.1) is 11.3 Å². The summed E-state index contributed by atoms with van der Waals surface area (Å²) in [6.45, 7) is 9.18. The molecule has 0 saturated heterocycles. The second-order valence-electron chi connectivity index (χ2n) is 10.4. The number of nitrogens with zero attached hydrogens (tertiary/aromatic N) is 1. The molecule has 3 rings (SSSR count). The fourth-order valence-electron chi connectivity index (χ4n) is 4.72. The predicted octanol–water partition coefficient (Wildman–Crippen LogP) is 5.97. The van der Waals surface area contributed by atoms with Gasteiger partial charge < -0.3 is 10.0 Å². The molecule has 1 aromatic rings. The van der Waals surface area contributed by atoms with Gasteiger partial charge >= 0.3 is 5.97 Å². The van der Waals surface area contributed by atoms with Crippen molar-refractivity contribution >= 4 is 23.5 Å². The standard InChI is InChI=1S/C25H34ClNO3/c1-17-7-11-25(15-22(28)27(12-9-23(29)30)16-20(25)13-17)19-6-5-18(21(26)14-19)8-10-24(2,3)4/h5-6,14,16-17H,7-13,15H2,1-4H3,(H,29,30). The number of halogens is 1. The van der Waals surface area contributed by atoms with E-state index in [1.54, 1.807) is 4.90 Å². The minimum atomic E-state index is -0.882. The average molecular weight is 432 g/mol. The molecule has 1 amide bonds. The first-order valence-electron chi connectivity index (χ1n) is 11.0. The number of carbonyl (C=O) groups excluding carboxylic acids is 1. The molecule has 1 saturated carbocycles. The van der Waals surface area contributed by atoms with Crippen LogP contribution >= 0.6 is 11.6 Å². The molecule has 2 aliphatic rings. The number of hydrogen-bond acceptors (Lipinski definition) is 2. The van der Waals surface area contributed by atoms with Gasteiger partial charge in [0, 0.05) is 29.6 Å².